The average Bonchev–Trinajstić information content (AvgIpc) is 3.81. The number of hydrogen-bond acceptors (Lipinski definition) is 8. The van der Waals surface area contributed by atoms with Crippen molar-refractivity contribution in [2.24, 2.45) is 28.5 Å². The van der Waals surface area contributed by atoms with Gasteiger partial charge in [-0.2, -0.15) is 0 Å². The van der Waals surface area contributed by atoms with E-state index in [1.807, 2.05) is 26.1 Å². The van der Waals surface area contributed by atoms with Gasteiger partial charge in [-0.25, -0.2) is 0 Å². The summed E-state index contributed by atoms with van der Waals surface area (Å²) in [4.78, 5) is 5.16. The summed E-state index contributed by atoms with van der Waals surface area (Å²) in [7, 11) is 1.94. The highest BCUT2D eigenvalue weighted by atomic mass is 16.5. The van der Waals surface area contributed by atoms with E-state index in [0.29, 0.717) is 30.7 Å². The van der Waals surface area contributed by atoms with Crippen molar-refractivity contribution in [3.63, 3.8) is 0 Å². The summed E-state index contributed by atoms with van der Waals surface area (Å²) in [6.07, 6.45) is 19.5. The summed E-state index contributed by atoms with van der Waals surface area (Å²) < 4.78 is 11.2. The molecule has 266 valence electrons. The zero-order valence-corrected chi connectivity index (χ0v) is 29.3. The molecular weight excluding hydrogens is 604 g/mol. The molecule has 8 N–H and O–H groups in total. The maximum Gasteiger partial charge on any atom is 0.196 e. The zero-order valence-electron chi connectivity index (χ0n) is 29.3. The molecule has 2 aliphatic heterocycles. The molecule has 0 bridgehead atoms. The Hall–Kier alpha value is -2.53. The fraction of sp³-hybridized carbons (Fsp3) is 0.667. The topological polar surface area (TPSA) is 145 Å². The highest BCUT2D eigenvalue weighted by Crippen LogP contribution is 2.48. The molecular formula is C39H61N4O5+. The van der Waals surface area contributed by atoms with Crippen LogP contribution in [0, 0.1) is 29.8 Å². The predicted molar refractivity (Wildman–Crippen MR) is 193 cm³/mol. The van der Waals surface area contributed by atoms with Crippen LogP contribution in [0.1, 0.15) is 89.5 Å². The van der Waals surface area contributed by atoms with Crippen LogP contribution in [-0.4, -0.2) is 83.9 Å². The number of unbranched alkanes of at least 4 members (excludes halogenated alkanes) is 4. The lowest BCUT2D eigenvalue weighted by Crippen LogP contribution is -2.37. The molecule has 2 fully saturated rings. The maximum absolute atomic E-state index is 10.7. The lowest BCUT2D eigenvalue weighted by Gasteiger charge is -2.26. The van der Waals surface area contributed by atoms with Gasteiger partial charge in [-0.05, 0) is 88.6 Å². The lowest BCUT2D eigenvalue weighted by atomic mass is 9.77. The molecule has 0 spiro atoms. The summed E-state index contributed by atoms with van der Waals surface area (Å²) in [5, 5.41) is 37.4. The summed E-state index contributed by atoms with van der Waals surface area (Å²) in [6, 6.07) is 5.48. The molecule has 0 aromatic heterocycles. The number of likely N-dealkylation sites (N-methyl/N-ethyl adjacent to an activating group) is 1. The van der Waals surface area contributed by atoms with Gasteiger partial charge in [0.05, 0.1) is 18.1 Å². The molecule has 1 aromatic carbocycles. The van der Waals surface area contributed by atoms with Crippen LogP contribution >= 0.6 is 0 Å². The van der Waals surface area contributed by atoms with E-state index in [9.17, 15) is 15.3 Å². The number of aryl methyl sites for hydroxylation is 1. The van der Waals surface area contributed by atoms with Crippen molar-refractivity contribution in [1.82, 2.24) is 10.6 Å². The van der Waals surface area contributed by atoms with Crippen molar-refractivity contribution in [3.8, 4) is 11.5 Å². The zero-order chi connectivity index (χ0) is 33.9. The maximum atomic E-state index is 10.7. The number of aliphatic hydroxyl groups excluding tert-OH is 2. The van der Waals surface area contributed by atoms with E-state index >= 15 is 0 Å². The first-order valence-corrected chi connectivity index (χ1v) is 18.6. The molecule has 0 saturated heterocycles. The van der Waals surface area contributed by atoms with Crippen molar-refractivity contribution in [3.05, 3.63) is 59.2 Å². The molecule has 9 heteroatoms. The molecule has 5 rings (SSSR count). The van der Waals surface area contributed by atoms with Crippen molar-refractivity contribution < 1.29 is 24.8 Å². The Morgan fingerprint density at radius 2 is 2.00 bits per heavy atom. The molecule has 2 heterocycles. The largest absolute Gasteiger partial charge is 0.504 e. The molecule has 2 aliphatic carbocycles. The third-order valence-corrected chi connectivity index (χ3v) is 10.9. The highest BCUT2D eigenvalue weighted by molar-refractivity contribution is 6.03. The Morgan fingerprint density at radius 1 is 1.17 bits per heavy atom. The Kier molecular flexibility index (Phi) is 14.1. The van der Waals surface area contributed by atoms with Crippen molar-refractivity contribution >= 4 is 5.71 Å². The summed E-state index contributed by atoms with van der Waals surface area (Å²) in [5.74, 6) is 3.79. The number of benzene rings is 1. The van der Waals surface area contributed by atoms with Crippen molar-refractivity contribution in [2.45, 2.75) is 109 Å². The Balaban J connectivity index is 1.15. The second-order valence-electron chi connectivity index (χ2n) is 14.4. The smallest absolute Gasteiger partial charge is 0.196 e. The molecule has 6 unspecified atom stereocenters. The molecule has 9 nitrogen and oxygen atoms in total. The van der Waals surface area contributed by atoms with E-state index in [1.54, 1.807) is 6.07 Å². The second-order valence-corrected chi connectivity index (χ2v) is 14.4. The molecule has 1 aromatic rings. The van der Waals surface area contributed by atoms with E-state index in [-0.39, 0.29) is 30.6 Å². The van der Waals surface area contributed by atoms with Crippen LogP contribution < -0.4 is 21.1 Å². The van der Waals surface area contributed by atoms with Gasteiger partial charge in [0.1, 0.15) is 30.4 Å². The van der Waals surface area contributed by atoms with Gasteiger partial charge in [0.25, 0.3) is 0 Å². The van der Waals surface area contributed by atoms with E-state index in [0.717, 1.165) is 80.5 Å². The van der Waals surface area contributed by atoms with Crippen LogP contribution in [0.3, 0.4) is 0 Å². The normalized spacial score (nSPS) is 24.9. The van der Waals surface area contributed by atoms with E-state index < -0.39 is 0 Å². The molecule has 48 heavy (non-hydrogen) atoms. The number of ether oxygens (including phenoxy) is 2. The fourth-order valence-corrected chi connectivity index (χ4v) is 8.18. The summed E-state index contributed by atoms with van der Waals surface area (Å²) in [5.41, 5.74) is 9.90. The minimum absolute atomic E-state index is 0.0531. The fourth-order valence-electron chi connectivity index (χ4n) is 8.18. The third-order valence-electron chi connectivity index (χ3n) is 10.9. The van der Waals surface area contributed by atoms with Gasteiger partial charge in [-0.15, -0.1) is 16.6 Å². The first-order chi connectivity index (χ1) is 23.4. The number of aliphatic hydroxyl groups is 4. The van der Waals surface area contributed by atoms with E-state index in [1.165, 1.54) is 56.6 Å². The monoisotopic (exact) mass is 665 g/mol. The van der Waals surface area contributed by atoms with Crippen LogP contribution in [0.5, 0.6) is 11.5 Å². The number of rotatable bonds is 20. The van der Waals surface area contributed by atoms with Gasteiger partial charge in [0, 0.05) is 32.5 Å². The summed E-state index contributed by atoms with van der Waals surface area (Å²) >= 11 is 0. The predicted octanol–water partition coefficient (Wildman–Crippen LogP) is 4.66. The number of phenols is 1. The number of nitrogens with two attached hydrogens (primary N) is 1. The first kappa shape index (κ1) is 36.7. The number of nitrogens with zero attached hydrogens (tertiary/aromatic N) is 1. The van der Waals surface area contributed by atoms with Gasteiger partial charge in [-0.1, -0.05) is 38.2 Å². The molecule has 2 saturated carbocycles. The number of phenolic OH excluding ortho intramolecular Hbond substituents is 1. The summed E-state index contributed by atoms with van der Waals surface area (Å²) in [6.45, 7) is 4.47. The van der Waals surface area contributed by atoms with E-state index in [4.69, 9.17) is 20.2 Å². The SMILES string of the molecule is CNC(COc1cc(CC[C-]2C=C(CO)C(CCCCCCCN)[OH+]2)ccc1O)C1=C[C+]2C(=N1)CCC1CCCC1C2CNCC(C)O. The number of hydrogen-bond donors (Lipinski definition) is 6. The molecule has 4 aliphatic rings. The van der Waals surface area contributed by atoms with Crippen LogP contribution in [0.4, 0.5) is 0 Å². The first-order valence-electron chi connectivity index (χ1n) is 18.6. The van der Waals surface area contributed by atoms with Gasteiger partial charge < -0.3 is 35.8 Å². The molecule has 0 radical (unpaired) electrons. The third kappa shape index (κ3) is 9.79. The molecule has 0 amide bonds. The van der Waals surface area contributed by atoms with Crippen LogP contribution in [0.2, 0.25) is 0 Å². The van der Waals surface area contributed by atoms with Gasteiger partial charge in [-0.3, -0.25) is 5.32 Å². The minimum Gasteiger partial charge on any atom is -0.504 e. The average molecular weight is 666 g/mol. The van der Waals surface area contributed by atoms with Crippen LogP contribution in [0.25, 0.3) is 0 Å². The highest BCUT2D eigenvalue weighted by Gasteiger charge is 2.49. The Morgan fingerprint density at radius 3 is 2.79 bits per heavy atom. The van der Waals surface area contributed by atoms with Gasteiger partial charge >= 0.3 is 0 Å². The number of aliphatic imine (C=N–C) groups is 1. The minimum atomic E-state index is -0.361. The van der Waals surface area contributed by atoms with E-state index in [2.05, 4.69) is 22.8 Å². The molecule has 6 atom stereocenters. The Labute approximate surface area is 288 Å². The lowest BCUT2D eigenvalue weighted by molar-refractivity contribution is -0.0552. The number of allylic oxidation sites excluding steroid dienone is 1. The van der Waals surface area contributed by atoms with Crippen LogP contribution in [0.15, 0.2) is 46.6 Å². The number of aromatic hydroxyl groups is 1. The number of nitrogens with one attached hydrogen (secondary N) is 2. The standard InChI is InChI=1S/C39H60N4O5/c1-26(45)22-42-23-33-31-10-8-9-28(31)14-16-34-32(33)21-35(43-34)36(41-2)25-47-39-19-27(13-17-37(39)46)12-15-30-20-29(24-44)38(48-30)11-6-4-3-5-7-18-40/h13,17,19-21,26,28,31,33,36,38,41-42,44-45,48H,3-12,14-16,18,22-25,40H2,1-2H3/p+1. The van der Waals surface area contributed by atoms with Crippen molar-refractivity contribution in [2.75, 3.05) is 39.9 Å². The Bertz CT molecular complexity index is 1250. The van der Waals surface area contributed by atoms with Crippen molar-refractivity contribution in [1.29, 1.82) is 0 Å². The number of fused-ring (bicyclic) bond motifs is 2. The van der Waals surface area contributed by atoms with Crippen LogP contribution in [-0.2, 0) is 6.42 Å². The second kappa shape index (κ2) is 18.5. The quantitative estimate of drug-likeness (QED) is 0.0675. The van der Waals surface area contributed by atoms with Gasteiger partial charge in [0.15, 0.2) is 23.2 Å². The van der Waals surface area contributed by atoms with Gasteiger partial charge in [0.2, 0.25) is 0 Å².